The number of ether oxygens (including phenoxy) is 4. The SMILES string of the molecule is CO[C@@H]1[C@@H](CS(=O)(=O)c2ccccc2)[C@H](CC=O)O[C@@H]1C[C@@H](COC(=O)c1ccccc1)OC(=O)c1ccccc1. The van der Waals surface area contributed by atoms with Crippen molar-refractivity contribution in [3.05, 3.63) is 102 Å². The molecule has 0 saturated carbocycles. The van der Waals surface area contributed by atoms with Crippen LogP contribution in [0, 0.1) is 5.92 Å². The zero-order chi connectivity index (χ0) is 29.2. The average Bonchev–Trinajstić information content (AvgIpc) is 3.31. The molecule has 0 amide bonds. The van der Waals surface area contributed by atoms with Crippen molar-refractivity contribution in [2.45, 2.75) is 42.2 Å². The van der Waals surface area contributed by atoms with Crippen LogP contribution in [0.15, 0.2) is 95.9 Å². The largest absolute Gasteiger partial charge is 0.458 e. The average molecular weight is 581 g/mol. The Labute approximate surface area is 239 Å². The quantitative estimate of drug-likeness (QED) is 0.219. The van der Waals surface area contributed by atoms with Gasteiger partial charge in [0.2, 0.25) is 0 Å². The van der Waals surface area contributed by atoms with Crippen LogP contribution in [-0.2, 0) is 33.6 Å². The summed E-state index contributed by atoms with van der Waals surface area (Å²) in [5, 5.41) is 0. The van der Waals surface area contributed by atoms with Gasteiger partial charge >= 0.3 is 11.9 Å². The van der Waals surface area contributed by atoms with Crippen molar-refractivity contribution >= 4 is 28.1 Å². The molecule has 1 aliphatic heterocycles. The molecule has 4 rings (SSSR count). The number of hydrogen-bond acceptors (Lipinski definition) is 9. The second-order valence-corrected chi connectivity index (χ2v) is 11.7. The van der Waals surface area contributed by atoms with Gasteiger partial charge in [0.1, 0.15) is 19.0 Å². The highest BCUT2D eigenvalue weighted by atomic mass is 32.2. The topological polar surface area (TPSA) is 122 Å². The van der Waals surface area contributed by atoms with Gasteiger partial charge in [-0.1, -0.05) is 54.6 Å². The molecule has 10 heteroatoms. The first kappa shape index (κ1) is 30.1. The van der Waals surface area contributed by atoms with Gasteiger partial charge in [-0.3, -0.25) is 0 Å². The molecule has 0 aliphatic carbocycles. The standard InChI is InChI=1S/C31H32O9S/c1-37-29-26(21-41(35,36)25-15-9-4-10-16-25)27(17-18-32)40-28(29)19-24(39-31(34)23-13-7-3-8-14-23)20-38-30(33)22-11-5-2-6-12-22/h2-16,18,24,26-29H,17,19-21H2,1H3/t24-,26-,27-,28+,29+/m0/s1. The van der Waals surface area contributed by atoms with E-state index in [4.69, 9.17) is 18.9 Å². The molecule has 5 atom stereocenters. The number of hydrogen-bond donors (Lipinski definition) is 0. The summed E-state index contributed by atoms with van der Waals surface area (Å²) in [5.74, 6) is -2.18. The van der Waals surface area contributed by atoms with Crippen LogP contribution < -0.4 is 0 Å². The predicted octanol–water partition coefficient (Wildman–Crippen LogP) is 3.92. The maximum atomic E-state index is 13.2. The zero-order valence-corrected chi connectivity index (χ0v) is 23.4. The fourth-order valence-corrected chi connectivity index (χ4v) is 6.62. The number of methoxy groups -OCH3 is 1. The highest BCUT2D eigenvalue weighted by Gasteiger charge is 2.47. The van der Waals surface area contributed by atoms with Crippen LogP contribution >= 0.6 is 0 Å². The lowest BCUT2D eigenvalue weighted by Gasteiger charge is -2.25. The van der Waals surface area contributed by atoms with Gasteiger partial charge in [-0.15, -0.1) is 0 Å². The summed E-state index contributed by atoms with van der Waals surface area (Å²) in [6, 6.07) is 24.8. The summed E-state index contributed by atoms with van der Waals surface area (Å²) in [6.45, 7) is -0.270. The van der Waals surface area contributed by atoms with E-state index < -0.39 is 52.1 Å². The summed E-state index contributed by atoms with van der Waals surface area (Å²) in [7, 11) is -2.29. The van der Waals surface area contributed by atoms with E-state index in [-0.39, 0.29) is 30.1 Å². The van der Waals surface area contributed by atoms with Crippen molar-refractivity contribution in [2.24, 2.45) is 5.92 Å². The fourth-order valence-electron chi connectivity index (χ4n) is 4.94. The first-order chi connectivity index (χ1) is 19.8. The monoisotopic (exact) mass is 580 g/mol. The molecule has 1 heterocycles. The Morgan fingerprint density at radius 2 is 1.41 bits per heavy atom. The van der Waals surface area contributed by atoms with Crippen molar-refractivity contribution < 1.29 is 41.7 Å². The summed E-state index contributed by atoms with van der Waals surface area (Å²) in [6.07, 6.45) is -2.49. The van der Waals surface area contributed by atoms with Crippen molar-refractivity contribution in [3.63, 3.8) is 0 Å². The Hall–Kier alpha value is -3.86. The molecule has 1 aliphatic rings. The van der Waals surface area contributed by atoms with E-state index in [1.165, 1.54) is 19.2 Å². The highest BCUT2D eigenvalue weighted by molar-refractivity contribution is 7.91. The third-order valence-corrected chi connectivity index (χ3v) is 8.73. The second kappa shape index (κ2) is 14.2. The number of esters is 2. The Balaban J connectivity index is 1.54. The van der Waals surface area contributed by atoms with Crippen LogP contribution in [-0.4, -0.2) is 70.5 Å². The van der Waals surface area contributed by atoms with E-state index in [2.05, 4.69) is 0 Å². The van der Waals surface area contributed by atoms with Crippen LogP contribution in [0.2, 0.25) is 0 Å². The van der Waals surface area contributed by atoms with Crippen LogP contribution in [0.4, 0.5) is 0 Å². The predicted molar refractivity (Wildman–Crippen MR) is 149 cm³/mol. The molecule has 0 N–H and O–H groups in total. The first-order valence-corrected chi connectivity index (χ1v) is 14.9. The molecule has 3 aromatic rings. The minimum Gasteiger partial charge on any atom is -0.458 e. The molecular weight excluding hydrogens is 548 g/mol. The Morgan fingerprint density at radius 3 is 1.98 bits per heavy atom. The fraction of sp³-hybridized carbons (Fsp3) is 0.323. The number of rotatable bonds is 13. The number of benzene rings is 3. The normalized spacial score (nSPS) is 21.1. The van der Waals surface area contributed by atoms with Gasteiger partial charge in [0.25, 0.3) is 0 Å². The molecular formula is C31H32O9S. The molecule has 0 aromatic heterocycles. The lowest BCUT2D eigenvalue weighted by Crippen LogP contribution is -2.38. The zero-order valence-electron chi connectivity index (χ0n) is 22.5. The lowest BCUT2D eigenvalue weighted by atomic mass is 9.94. The molecule has 0 unspecified atom stereocenters. The summed E-state index contributed by atoms with van der Waals surface area (Å²) in [4.78, 5) is 37.2. The Bertz CT molecular complexity index is 1400. The summed E-state index contributed by atoms with van der Waals surface area (Å²) in [5.41, 5.74) is 0.651. The Kier molecular flexibility index (Phi) is 10.4. The molecule has 1 saturated heterocycles. The van der Waals surface area contributed by atoms with E-state index in [0.29, 0.717) is 17.4 Å². The van der Waals surface area contributed by atoms with Crippen LogP contribution in [0.1, 0.15) is 33.6 Å². The van der Waals surface area contributed by atoms with Crippen LogP contribution in [0.25, 0.3) is 0 Å². The van der Waals surface area contributed by atoms with Gasteiger partial charge < -0.3 is 23.7 Å². The van der Waals surface area contributed by atoms with E-state index in [1.807, 2.05) is 0 Å². The van der Waals surface area contributed by atoms with Gasteiger partial charge in [0, 0.05) is 25.9 Å². The maximum absolute atomic E-state index is 13.2. The molecule has 0 bridgehead atoms. The second-order valence-electron chi connectivity index (χ2n) is 9.67. The number of sulfone groups is 1. The van der Waals surface area contributed by atoms with Crippen molar-refractivity contribution in [3.8, 4) is 0 Å². The van der Waals surface area contributed by atoms with Gasteiger partial charge in [0.15, 0.2) is 9.84 Å². The molecule has 41 heavy (non-hydrogen) atoms. The van der Waals surface area contributed by atoms with Crippen molar-refractivity contribution in [1.29, 1.82) is 0 Å². The minimum absolute atomic E-state index is 0.0381. The third-order valence-electron chi connectivity index (χ3n) is 6.92. The van der Waals surface area contributed by atoms with Gasteiger partial charge in [-0.2, -0.15) is 0 Å². The minimum atomic E-state index is -3.73. The van der Waals surface area contributed by atoms with Gasteiger partial charge in [0.05, 0.1) is 40.1 Å². The van der Waals surface area contributed by atoms with Gasteiger partial charge in [-0.25, -0.2) is 18.0 Å². The van der Waals surface area contributed by atoms with E-state index >= 15 is 0 Å². The summed E-state index contributed by atoms with van der Waals surface area (Å²) >= 11 is 0. The number of carbonyl (C=O) groups is 3. The van der Waals surface area contributed by atoms with Crippen molar-refractivity contribution in [1.82, 2.24) is 0 Å². The first-order valence-electron chi connectivity index (χ1n) is 13.2. The smallest absolute Gasteiger partial charge is 0.338 e. The van der Waals surface area contributed by atoms with Crippen LogP contribution in [0.5, 0.6) is 0 Å². The van der Waals surface area contributed by atoms with Crippen LogP contribution in [0.3, 0.4) is 0 Å². The molecule has 216 valence electrons. The third kappa shape index (κ3) is 7.87. The van der Waals surface area contributed by atoms with E-state index in [1.54, 1.807) is 78.9 Å². The molecule has 9 nitrogen and oxygen atoms in total. The molecule has 0 spiro atoms. The Morgan fingerprint density at radius 1 is 0.854 bits per heavy atom. The van der Waals surface area contributed by atoms with Gasteiger partial charge in [-0.05, 0) is 36.4 Å². The summed E-state index contributed by atoms with van der Waals surface area (Å²) < 4.78 is 49.5. The lowest BCUT2D eigenvalue weighted by molar-refractivity contribution is -0.111. The molecule has 3 aromatic carbocycles. The van der Waals surface area contributed by atoms with E-state index in [0.717, 1.165) is 0 Å². The molecule has 0 radical (unpaired) electrons. The number of aldehydes is 1. The number of carbonyl (C=O) groups excluding carboxylic acids is 3. The highest BCUT2D eigenvalue weighted by Crippen LogP contribution is 2.36. The van der Waals surface area contributed by atoms with E-state index in [9.17, 15) is 22.8 Å². The molecule has 1 fully saturated rings. The van der Waals surface area contributed by atoms with Crippen molar-refractivity contribution in [2.75, 3.05) is 19.5 Å². The maximum Gasteiger partial charge on any atom is 0.338 e.